The van der Waals surface area contributed by atoms with Gasteiger partial charge in [0.2, 0.25) is 0 Å². The third-order valence-electron chi connectivity index (χ3n) is 3.11. The summed E-state index contributed by atoms with van der Waals surface area (Å²) in [4.78, 5) is 13.7. The van der Waals surface area contributed by atoms with Gasteiger partial charge >= 0.3 is 0 Å². The van der Waals surface area contributed by atoms with Gasteiger partial charge < -0.3 is 4.57 Å². The number of hydrogen-bond acceptors (Lipinski definition) is 4. The van der Waals surface area contributed by atoms with Crippen molar-refractivity contribution >= 4 is 33.8 Å². The summed E-state index contributed by atoms with van der Waals surface area (Å²) in [5, 5.41) is 1.00. The molecule has 0 atom stereocenters. The first kappa shape index (κ1) is 11.5. The molecule has 0 bridgehead atoms. The molecular formula is C13H14N4S. The van der Waals surface area contributed by atoms with E-state index in [1.165, 1.54) is 5.56 Å². The molecule has 3 rings (SSSR count). The largest absolute Gasteiger partial charge is 0.322 e. The van der Waals surface area contributed by atoms with Crippen LogP contribution in [0.25, 0.3) is 22.1 Å². The van der Waals surface area contributed by atoms with E-state index in [1.807, 2.05) is 20.2 Å². The van der Waals surface area contributed by atoms with Crippen molar-refractivity contribution in [3.8, 4) is 0 Å². The molecule has 0 aliphatic heterocycles. The predicted octanol–water partition coefficient (Wildman–Crippen LogP) is 2.86. The van der Waals surface area contributed by atoms with Crippen LogP contribution in [0.5, 0.6) is 0 Å². The average molecular weight is 258 g/mol. The Morgan fingerprint density at radius 1 is 1.17 bits per heavy atom. The Morgan fingerprint density at radius 2 is 1.94 bits per heavy atom. The number of benzene rings is 1. The van der Waals surface area contributed by atoms with Gasteiger partial charge in [0.15, 0.2) is 5.16 Å². The van der Waals surface area contributed by atoms with Crippen molar-refractivity contribution < 1.29 is 0 Å². The number of hydrogen-bond donors (Lipinski definition) is 0. The molecule has 0 aliphatic carbocycles. The molecule has 92 valence electrons. The Kier molecular flexibility index (Phi) is 2.52. The lowest BCUT2D eigenvalue weighted by molar-refractivity contribution is 0.815. The SMILES string of the molecule is CSc1nc2c3ncc(C)nc3cc(C)c2n1C. The van der Waals surface area contributed by atoms with E-state index in [2.05, 4.69) is 32.5 Å². The second-order valence-corrected chi connectivity index (χ2v) is 5.20. The van der Waals surface area contributed by atoms with Gasteiger partial charge in [-0.25, -0.2) is 9.97 Å². The van der Waals surface area contributed by atoms with Crippen LogP contribution in [-0.2, 0) is 7.05 Å². The van der Waals surface area contributed by atoms with E-state index < -0.39 is 0 Å². The van der Waals surface area contributed by atoms with Crippen LogP contribution >= 0.6 is 11.8 Å². The molecule has 0 spiro atoms. The summed E-state index contributed by atoms with van der Waals surface area (Å²) in [6, 6.07) is 2.09. The second-order valence-electron chi connectivity index (χ2n) is 4.43. The number of aromatic nitrogens is 4. The monoisotopic (exact) mass is 258 g/mol. The highest BCUT2D eigenvalue weighted by Gasteiger charge is 2.14. The maximum absolute atomic E-state index is 4.67. The molecule has 5 heteroatoms. The Hall–Kier alpha value is -1.62. The zero-order valence-electron chi connectivity index (χ0n) is 10.9. The third-order valence-corrected chi connectivity index (χ3v) is 3.84. The van der Waals surface area contributed by atoms with Crippen LogP contribution in [0.15, 0.2) is 17.4 Å². The van der Waals surface area contributed by atoms with Gasteiger partial charge in [-0.15, -0.1) is 0 Å². The topological polar surface area (TPSA) is 43.6 Å². The van der Waals surface area contributed by atoms with Crippen LogP contribution in [0.1, 0.15) is 11.3 Å². The lowest BCUT2D eigenvalue weighted by atomic mass is 10.1. The number of fused-ring (bicyclic) bond motifs is 3. The molecule has 2 aromatic heterocycles. The molecule has 0 saturated heterocycles. The molecule has 0 fully saturated rings. The minimum atomic E-state index is 0.886. The Bertz CT molecular complexity index is 761. The van der Waals surface area contributed by atoms with Crippen LogP contribution in [0.3, 0.4) is 0 Å². The number of aryl methyl sites for hydroxylation is 3. The van der Waals surface area contributed by atoms with Gasteiger partial charge in [-0.2, -0.15) is 0 Å². The van der Waals surface area contributed by atoms with Crippen molar-refractivity contribution in [2.75, 3.05) is 6.26 Å². The first-order valence-electron chi connectivity index (χ1n) is 5.75. The normalized spacial score (nSPS) is 11.6. The van der Waals surface area contributed by atoms with Crippen molar-refractivity contribution in [1.82, 2.24) is 19.5 Å². The highest BCUT2D eigenvalue weighted by atomic mass is 32.2. The molecule has 0 N–H and O–H groups in total. The smallest absolute Gasteiger partial charge is 0.168 e. The van der Waals surface area contributed by atoms with E-state index in [4.69, 9.17) is 0 Å². The van der Waals surface area contributed by atoms with Gasteiger partial charge in [0, 0.05) is 13.2 Å². The molecule has 0 radical (unpaired) electrons. The van der Waals surface area contributed by atoms with E-state index in [9.17, 15) is 0 Å². The summed E-state index contributed by atoms with van der Waals surface area (Å²) >= 11 is 1.65. The minimum Gasteiger partial charge on any atom is -0.322 e. The highest BCUT2D eigenvalue weighted by molar-refractivity contribution is 7.98. The van der Waals surface area contributed by atoms with Gasteiger partial charge in [0.25, 0.3) is 0 Å². The fourth-order valence-corrected chi connectivity index (χ4v) is 2.88. The molecule has 0 saturated carbocycles. The van der Waals surface area contributed by atoms with Crippen LogP contribution in [0.2, 0.25) is 0 Å². The van der Waals surface area contributed by atoms with E-state index in [-0.39, 0.29) is 0 Å². The molecule has 0 unspecified atom stereocenters. The average Bonchev–Trinajstić information content (AvgIpc) is 2.67. The molecule has 4 nitrogen and oxygen atoms in total. The minimum absolute atomic E-state index is 0.886. The van der Waals surface area contributed by atoms with Gasteiger partial charge in [-0.1, -0.05) is 11.8 Å². The van der Waals surface area contributed by atoms with E-state index >= 15 is 0 Å². The van der Waals surface area contributed by atoms with Crippen LogP contribution in [0, 0.1) is 13.8 Å². The van der Waals surface area contributed by atoms with Crippen LogP contribution in [-0.4, -0.2) is 25.8 Å². The lowest BCUT2D eigenvalue weighted by Gasteiger charge is -2.04. The van der Waals surface area contributed by atoms with E-state index in [0.717, 1.165) is 32.9 Å². The van der Waals surface area contributed by atoms with Crippen molar-refractivity contribution in [2.45, 2.75) is 19.0 Å². The fourth-order valence-electron chi connectivity index (χ4n) is 2.33. The molecule has 18 heavy (non-hydrogen) atoms. The molecule has 0 aliphatic rings. The molecule has 1 aromatic carbocycles. The van der Waals surface area contributed by atoms with Crippen LogP contribution < -0.4 is 0 Å². The Morgan fingerprint density at radius 3 is 2.67 bits per heavy atom. The van der Waals surface area contributed by atoms with Gasteiger partial charge in [0.05, 0.1) is 16.7 Å². The summed E-state index contributed by atoms with van der Waals surface area (Å²) in [5.41, 5.74) is 6.02. The highest BCUT2D eigenvalue weighted by Crippen LogP contribution is 2.28. The number of nitrogens with zero attached hydrogens (tertiary/aromatic N) is 4. The lowest BCUT2D eigenvalue weighted by Crippen LogP contribution is -1.93. The summed E-state index contributed by atoms with van der Waals surface area (Å²) in [6.07, 6.45) is 3.83. The number of imidazole rings is 1. The first-order valence-corrected chi connectivity index (χ1v) is 6.97. The van der Waals surface area contributed by atoms with E-state index in [0.29, 0.717) is 0 Å². The zero-order valence-corrected chi connectivity index (χ0v) is 11.7. The summed E-state index contributed by atoms with van der Waals surface area (Å²) in [7, 11) is 2.04. The Labute approximate surface area is 109 Å². The van der Waals surface area contributed by atoms with Gasteiger partial charge in [-0.05, 0) is 31.7 Å². The van der Waals surface area contributed by atoms with Crippen molar-refractivity contribution in [3.05, 3.63) is 23.5 Å². The van der Waals surface area contributed by atoms with E-state index in [1.54, 1.807) is 18.0 Å². The first-order chi connectivity index (χ1) is 8.61. The standard InChI is InChI=1S/C13H14N4S/c1-7-5-9-10(14-6-8(2)15-9)11-12(7)17(3)13(16-11)18-4/h5-6H,1-4H3. The summed E-state index contributed by atoms with van der Waals surface area (Å²) < 4.78 is 2.12. The van der Waals surface area contributed by atoms with Gasteiger partial charge in [0.1, 0.15) is 11.0 Å². The second kappa shape index (κ2) is 3.95. The Balaban J connectivity index is 2.54. The maximum Gasteiger partial charge on any atom is 0.168 e. The van der Waals surface area contributed by atoms with Crippen LogP contribution in [0.4, 0.5) is 0 Å². The zero-order chi connectivity index (χ0) is 12.9. The molecule has 2 heterocycles. The summed E-state index contributed by atoms with van der Waals surface area (Å²) in [5.74, 6) is 0. The predicted molar refractivity (Wildman–Crippen MR) is 75.1 cm³/mol. The molecule has 0 amide bonds. The van der Waals surface area contributed by atoms with Crippen molar-refractivity contribution in [3.63, 3.8) is 0 Å². The number of rotatable bonds is 1. The number of thioether (sulfide) groups is 1. The molecule has 3 aromatic rings. The van der Waals surface area contributed by atoms with Crippen molar-refractivity contribution in [1.29, 1.82) is 0 Å². The van der Waals surface area contributed by atoms with Crippen molar-refractivity contribution in [2.24, 2.45) is 7.05 Å². The fraction of sp³-hybridized carbons (Fsp3) is 0.308. The summed E-state index contributed by atoms with van der Waals surface area (Å²) in [6.45, 7) is 4.05. The quantitative estimate of drug-likeness (QED) is 0.629. The molecular weight excluding hydrogens is 244 g/mol. The third kappa shape index (κ3) is 1.50. The van der Waals surface area contributed by atoms with Gasteiger partial charge in [-0.3, -0.25) is 4.98 Å². The maximum atomic E-state index is 4.67.